The van der Waals surface area contributed by atoms with Crippen LogP contribution in [0, 0.1) is 23.7 Å². The van der Waals surface area contributed by atoms with Crippen LogP contribution in [-0.4, -0.2) is 68.0 Å². The molecule has 0 aliphatic heterocycles. The van der Waals surface area contributed by atoms with Gasteiger partial charge in [0.15, 0.2) is 0 Å². The first-order valence-electron chi connectivity index (χ1n) is 13.9. The molecule has 7 heteroatoms. The minimum Gasteiger partial charge on any atom is -0.491 e. The van der Waals surface area contributed by atoms with E-state index in [1.54, 1.807) is 45.4 Å². The number of carbonyl (C=O) groups is 1. The van der Waals surface area contributed by atoms with E-state index < -0.39 is 18.2 Å². The number of hydrogen-bond acceptors (Lipinski definition) is 7. The van der Waals surface area contributed by atoms with E-state index in [9.17, 15) is 15.0 Å². The molecule has 0 heterocycles. The topological polar surface area (TPSA) is 94.5 Å². The Morgan fingerprint density at radius 1 is 0.892 bits per heavy atom. The van der Waals surface area contributed by atoms with Crippen LogP contribution < -0.4 is 4.74 Å². The normalized spacial score (nSPS) is 24.6. The third kappa shape index (κ3) is 11.6. The van der Waals surface area contributed by atoms with Gasteiger partial charge in [0.05, 0.1) is 13.2 Å². The van der Waals surface area contributed by atoms with Crippen LogP contribution in [0.2, 0.25) is 0 Å². The van der Waals surface area contributed by atoms with E-state index in [1.807, 2.05) is 44.2 Å². The summed E-state index contributed by atoms with van der Waals surface area (Å²) >= 11 is 0. The number of aliphatic hydroxyl groups is 2. The smallest absolute Gasteiger partial charge is 0.333 e. The van der Waals surface area contributed by atoms with Gasteiger partial charge in [-0.25, -0.2) is 4.79 Å². The molecule has 3 saturated carbocycles. The van der Waals surface area contributed by atoms with Crippen LogP contribution in [0.3, 0.4) is 0 Å². The fraction of sp³-hybridized carbons (Fsp3) is 0.700. The predicted octanol–water partition coefficient (Wildman–Crippen LogP) is 4.80. The fourth-order valence-electron chi connectivity index (χ4n) is 5.63. The second-order valence-corrected chi connectivity index (χ2v) is 10.2. The highest BCUT2D eigenvalue weighted by Gasteiger charge is 2.48. The van der Waals surface area contributed by atoms with Crippen LogP contribution in [0.4, 0.5) is 0 Å². The summed E-state index contributed by atoms with van der Waals surface area (Å²) in [6, 6.07) is 9.42. The SMILES string of the molecule is C1CC2C3CCC(C3)C2C1.C=C(C)C(=O)OCC(O)COCC.CCOCC(O)COc1ccccc1. The summed E-state index contributed by atoms with van der Waals surface area (Å²) in [5.41, 5.74) is 0.323. The molecule has 6 unspecified atom stereocenters. The summed E-state index contributed by atoms with van der Waals surface area (Å²) in [5.74, 6) is 5.08. The molecular formula is C30H48O7. The van der Waals surface area contributed by atoms with E-state index in [-0.39, 0.29) is 19.8 Å². The first-order chi connectivity index (χ1) is 17.8. The van der Waals surface area contributed by atoms with Gasteiger partial charge >= 0.3 is 5.97 Å². The fourth-order valence-corrected chi connectivity index (χ4v) is 5.63. The van der Waals surface area contributed by atoms with Crippen LogP contribution in [0.15, 0.2) is 42.5 Å². The molecule has 2 N–H and O–H groups in total. The average Bonchev–Trinajstić information content (AvgIpc) is 3.65. The molecule has 0 radical (unpaired) electrons. The zero-order valence-corrected chi connectivity index (χ0v) is 23.0. The largest absolute Gasteiger partial charge is 0.491 e. The summed E-state index contributed by atoms with van der Waals surface area (Å²) in [6.45, 7) is 10.5. The second kappa shape index (κ2) is 17.6. The maximum Gasteiger partial charge on any atom is 0.333 e. The molecule has 3 aliphatic rings. The third-order valence-corrected chi connectivity index (χ3v) is 7.32. The van der Waals surface area contributed by atoms with E-state index in [0.717, 1.165) is 5.75 Å². The van der Waals surface area contributed by atoms with Gasteiger partial charge < -0.3 is 29.2 Å². The second-order valence-electron chi connectivity index (χ2n) is 10.2. The summed E-state index contributed by atoms with van der Waals surface area (Å²) in [6.07, 6.45) is 8.21. The van der Waals surface area contributed by atoms with Crippen molar-refractivity contribution < 1.29 is 34.0 Å². The van der Waals surface area contributed by atoms with Crippen molar-refractivity contribution >= 4 is 5.97 Å². The van der Waals surface area contributed by atoms with E-state index in [1.165, 1.54) is 23.7 Å². The Labute approximate surface area is 223 Å². The molecule has 210 valence electrons. The van der Waals surface area contributed by atoms with Gasteiger partial charge in [-0.05, 0) is 88.7 Å². The maximum atomic E-state index is 10.8. The van der Waals surface area contributed by atoms with Crippen molar-refractivity contribution in [1.29, 1.82) is 0 Å². The number of fused-ring (bicyclic) bond motifs is 5. The van der Waals surface area contributed by atoms with E-state index >= 15 is 0 Å². The summed E-state index contributed by atoms with van der Waals surface area (Å²) in [7, 11) is 0. The molecule has 0 aromatic heterocycles. The molecule has 4 rings (SSSR count). The number of esters is 1. The molecular weight excluding hydrogens is 472 g/mol. The van der Waals surface area contributed by atoms with Crippen molar-refractivity contribution in [2.24, 2.45) is 23.7 Å². The van der Waals surface area contributed by atoms with Gasteiger partial charge in [0.25, 0.3) is 0 Å². The van der Waals surface area contributed by atoms with Crippen LogP contribution >= 0.6 is 0 Å². The number of para-hydroxylation sites is 1. The molecule has 6 atom stereocenters. The first kappa shape index (κ1) is 31.3. The lowest BCUT2D eigenvalue weighted by atomic mass is 9.82. The monoisotopic (exact) mass is 520 g/mol. The Balaban J connectivity index is 0.000000197. The van der Waals surface area contributed by atoms with Gasteiger partial charge in [-0.2, -0.15) is 0 Å². The molecule has 0 saturated heterocycles. The van der Waals surface area contributed by atoms with Crippen molar-refractivity contribution in [2.75, 3.05) is 39.6 Å². The number of rotatable bonds is 12. The molecule has 3 aliphatic carbocycles. The average molecular weight is 521 g/mol. The van der Waals surface area contributed by atoms with Crippen LogP contribution in [-0.2, 0) is 19.0 Å². The highest BCUT2D eigenvalue weighted by Crippen LogP contribution is 2.58. The number of carbonyl (C=O) groups excluding carboxylic acids is 1. The van der Waals surface area contributed by atoms with Crippen molar-refractivity contribution in [2.45, 2.75) is 71.5 Å². The number of aliphatic hydroxyl groups excluding tert-OH is 2. The highest BCUT2D eigenvalue weighted by atomic mass is 16.5. The predicted molar refractivity (Wildman–Crippen MR) is 144 cm³/mol. The third-order valence-electron chi connectivity index (χ3n) is 7.32. The minimum absolute atomic E-state index is 0.0499. The van der Waals surface area contributed by atoms with Gasteiger partial charge in [-0.3, -0.25) is 0 Å². The Hall–Kier alpha value is -1.93. The molecule has 1 aromatic carbocycles. The number of ether oxygens (including phenoxy) is 4. The van der Waals surface area contributed by atoms with Crippen LogP contribution in [0.25, 0.3) is 0 Å². The van der Waals surface area contributed by atoms with E-state index in [4.69, 9.17) is 18.9 Å². The van der Waals surface area contributed by atoms with Gasteiger partial charge in [-0.1, -0.05) is 31.2 Å². The van der Waals surface area contributed by atoms with Gasteiger partial charge in [0.1, 0.15) is 31.2 Å². The Bertz CT molecular complexity index is 752. The standard InChI is InChI=1S/C11H16O3.C10H16.C9H16O4/c1-2-13-8-10(12)9-14-11-6-4-3-5-7-11;1-2-9-7-4-5-8(6-7)10(9)3-1;1-4-12-5-8(10)6-13-9(11)7(2)3/h3-7,10,12H,2,8-9H2,1H3;7-10H,1-6H2;8,10H,2,4-6H2,1,3H3. The molecule has 3 fully saturated rings. The molecule has 7 nitrogen and oxygen atoms in total. The number of benzene rings is 1. The molecule has 2 bridgehead atoms. The Morgan fingerprint density at radius 3 is 1.95 bits per heavy atom. The quantitative estimate of drug-likeness (QED) is 0.302. The van der Waals surface area contributed by atoms with Crippen molar-refractivity contribution in [3.63, 3.8) is 0 Å². The summed E-state index contributed by atoms with van der Waals surface area (Å²) in [4.78, 5) is 10.8. The molecule has 0 spiro atoms. The van der Waals surface area contributed by atoms with Crippen LogP contribution in [0.5, 0.6) is 5.75 Å². The Morgan fingerprint density at radius 2 is 1.43 bits per heavy atom. The molecule has 37 heavy (non-hydrogen) atoms. The zero-order chi connectivity index (χ0) is 27.0. The molecule has 0 amide bonds. The van der Waals surface area contributed by atoms with E-state index in [0.29, 0.717) is 25.4 Å². The first-order valence-corrected chi connectivity index (χ1v) is 13.9. The zero-order valence-electron chi connectivity index (χ0n) is 23.0. The Kier molecular flexibility index (Phi) is 14.8. The van der Waals surface area contributed by atoms with Crippen LogP contribution in [0.1, 0.15) is 59.3 Å². The van der Waals surface area contributed by atoms with Gasteiger partial charge in [0.2, 0.25) is 0 Å². The summed E-state index contributed by atoms with van der Waals surface area (Å²) < 4.78 is 20.0. The van der Waals surface area contributed by atoms with Gasteiger partial charge in [0, 0.05) is 18.8 Å². The van der Waals surface area contributed by atoms with E-state index in [2.05, 4.69) is 6.58 Å². The van der Waals surface area contributed by atoms with Gasteiger partial charge in [-0.15, -0.1) is 0 Å². The lowest BCUT2D eigenvalue weighted by molar-refractivity contribution is -0.143. The number of hydrogen-bond donors (Lipinski definition) is 2. The summed E-state index contributed by atoms with van der Waals surface area (Å²) in [5, 5.41) is 18.6. The van der Waals surface area contributed by atoms with Crippen molar-refractivity contribution in [1.82, 2.24) is 0 Å². The molecule has 1 aromatic rings. The minimum atomic E-state index is -0.761. The lowest BCUT2D eigenvalue weighted by Crippen LogP contribution is -2.23. The highest BCUT2D eigenvalue weighted by molar-refractivity contribution is 5.86. The lowest BCUT2D eigenvalue weighted by Gasteiger charge is -2.23. The maximum absolute atomic E-state index is 10.8. The van der Waals surface area contributed by atoms with Crippen molar-refractivity contribution in [3.05, 3.63) is 42.5 Å². The van der Waals surface area contributed by atoms with Crippen molar-refractivity contribution in [3.8, 4) is 5.75 Å².